The van der Waals surface area contributed by atoms with Crippen LogP contribution in [0.4, 0.5) is 17.6 Å². The Kier molecular flexibility index (Phi) is 3.61. The van der Waals surface area contributed by atoms with Gasteiger partial charge in [-0.05, 0) is 15.9 Å². The Balaban J connectivity index is 4.10. The maximum atomic E-state index is 12.4. The van der Waals surface area contributed by atoms with Crippen LogP contribution in [0.1, 0.15) is 6.42 Å². The van der Waals surface area contributed by atoms with Gasteiger partial charge in [0.1, 0.15) is 0 Å². The van der Waals surface area contributed by atoms with Crippen molar-refractivity contribution in [3.63, 3.8) is 0 Å². The van der Waals surface area contributed by atoms with Gasteiger partial charge >= 0.3 is 6.18 Å². The minimum atomic E-state index is -4.83. The molecule has 0 heterocycles. The van der Waals surface area contributed by atoms with Gasteiger partial charge in [-0.15, -0.1) is 0 Å². The van der Waals surface area contributed by atoms with Crippen molar-refractivity contribution in [2.75, 3.05) is 5.33 Å². The van der Waals surface area contributed by atoms with E-state index < -0.39 is 17.2 Å². The molecule has 0 aliphatic heterocycles. The average Bonchev–Trinajstić information content (AvgIpc) is 1.61. The molecule has 0 aromatic rings. The van der Waals surface area contributed by atoms with Gasteiger partial charge in [0, 0.05) is 11.8 Å². The van der Waals surface area contributed by atoms with Crippen LogP contribution in [0, 0.1) is 0 Å². The summed E-state index contributed by atoms with van der Waals surface area (Å²) in [7, 11) is 0. The molecule has 0 N–H and O–H groups in total. The smallest absolute Gasteiger partial charge is 0.221 e. The average molecular weight is 288 g/mol. The summed E-state index contributed by atoms with van der Waals surface area (Å²) in [5.41, 5.74) is 0. The minimum absolute atomic E-state index is 0.0335. The highest BCUT2D eigenvalue weighted by molar-refractivity contribution is 9.10. The van der Waals surface area contributed by atoms with E-state index in [0.29, 0.717) is 0 Å². The van der Waals surface area contributed by atoms with Gasteiger partial charge in [-0.3, -0.25) is 0 Å². The first-order valence-electron chi connectivity index (χ1n) is 2.32. The van der Waals surface area contributed by atoms with Gasteiger partial charge in [0.2, 0.25) is 0 Å². The second-order valence-corrected chi connectivity index (χ2v) is 3.69. The number of hydrogen-bond acceptors (Lipinski definition) is 0. The monoisotopic (exact) mass is 286 g/mol. The van der Waals surface area contributed by atoms with E-state index in [9.17, 15) is 17.6 Å². The lowest BCUT2D eigenvalue weighted by Gasteiger charge is -2.19. The molecule has 0 radical (unpaired) electrons. The van der Waals surface area contributed by atoms with Crippen LogP contribution in [0.2, 0.25) is 0 Å². The molecule has 0 fully saturated rings. The van der Waals surface area contributed by atoms with E-state index in [1.54, 1.807) is 0 Å². The minimum Gasteiger partial charge on any atom is -0.221 e. The number of hydrogen-bond donors (Lipinski definition) is 0. The van der Waals surface area contributed by atoms with Crippen molar-refractivity contribution in [2.24, 2.45) is 0 Å². The molecule has 62 valence electrons. The summed E-state index contributed by atoms with van der Waals surface area (Å²) in [4.78, 5) is 0. The van der Waals surface area contributed by atoms with E-state index in [2.05, 4.69) is 15.9 Å². The van der Waals surface area contributed by atoms with E-state index >= 15 is 0 Å². The molecule has 0 amide bonds. The van der Waals surface area contributed by atoms with Crippen molar-refractivity contribution in [3.8, 4) is 0 Å². The molecule has 6 heteroatoms. The standard InChI is InChI=1S/C4H4Br2F4/c5-2-1-3(6,7)4(8,9)10/h1-2H2. The number of alkyl halides is 6. The zero-order valence-corrected chi connectivity index (χ0v) is 7.85. The molecule has 0 nitrogen and oxygen atoms in total. The van der Waals surface area contributed by atoms with Crippen molar-refractivity contribution < 1.29 is 17.6 Å². The van der Waals surface area contributed by atoms with Gasteiger partial charge in [0.05, 0.1) is 0 Å². The molecule has 10 heavy (non-hydrogen) atoms. The third-order valence-corrected chi connectivity index (χ3v) is 2.07. The summed E-state index contributed by atoms with van der Waals surface area (Å²) < 4.78 is 43.8. The Morgan fingerprint density at radius 1 is 1.10 bits per heavy atom. The molecule has 0 bridgehead atoms. The van der Waals surface area contributed by atoms with Gasteiger partial charge < -0.3 is 0 Å². The molecule has 0 saturated carbocycles. The molecule has 0 rings (SSSR count). The van der Waals surface area contributed by atoms with Crippen LogP contribution in [0.3, 0.4) is 0 Å². The predicted octanol–water partition coefficient (Wildman–Crippen LogP) is 3.39. The van der Waals surface area contributed by atoms with Crippen LogP contribution in [-0.4, -0.2) is 16.1 Å². The summed E-state index contributed by atoms with van der Waals surface area (Å²) in [5.74, 6) is 0. The highest BCUT2D eigenvalue weighted by Crippen LogP contribution is 2.41. The van der Waals surface area contributed by atoms with E-state index in [0.717, 1.165) is 0 Å². The van der Waals surface area contributed by atoms with Crippen LogP contribution < -0.4 is 0 Å². The van der Waals surface area contributed by atoms with Crippen molar-refractivity contribution in [3.05, 3.63) is 0 Å². The molecule has 0 aromatic carbocycles. The van der Waals surface area contributed by atoms with Crippen molar-refractivity contribution in [1.29, 1.82) is 0 Å². The zero-order valence-electron chi connectivity index (χ0n) is 4.68. The molecular formula is C4H4Br2F4. The highest BCUT2D eigenvalue weighted by atomic mass is 79.9. The lowest BCUT2D eigenvalue weighted by atomic mass is 10.3. The second-order valence-electron chi connectivity index (χ2n) is 1.64. The van der Waals surface area contributed by atoms with Gasteiger partial charge in [-0.25, -0.2) is 4.39 Å². The SMILES string of the molecule is FC(F)(F)C(F)(Br)CCBr. The normalized spacial score (nSPS) is 18.6. The van der Waals surface area contributed by atoms with Gasteiger partial charge in [0.25, 0.3) is 4.58 Å². The molecule has 0 spiro atoms. The Morgan fingerprint density at radius 3 is 1.60 bits per heavy atom. The largest absolute Gasteiger partial charge is 0.432 e. The topological polar surface area (TPSA) is 0 Å². The quantitative estimate of drug-likeness (QED) is 0.539. The number of rotatable bonds is 2. The Labute approximate surface area is 72.2 Å². The van der Waals surface area contributed by atoms with Gasteiger partial charge in [0.15, 0.2) is 0 Å². The molecule has 1 unspecified atom stereocenters. The van der Waals surface area contributed by atoms with Gasteiger partial charge in [-0.1, -0.05) is 15.9 Å². The highest BCUT2D eigenvalue weighted by Gasteiger charge is 2.53. The summed E-state index contributed by atoms with van der Waals surface area (Å²) in [5, 5.41) is -0.0335. The Hall–Kier alpha value is 0.680. The third-order valence-electron chi connectivity index (χ3n) is 0.823. The van der Waals surface area contributed by atoms with E-state index in [4.69, 9.17) is 0 Å². The van der Waals surface area contributed by atoms with E-state index in [-0.39, 0.29) is 5.33 Å². The maximum Gasteiger partial charge on any atom is 0.432 e. The Bertz CT molecular complexity index is 108. The van der Waals surface area contributed by atoms with Crippen LogP contribution in [0.5, 0.6) is 0 Å². The van der Waals surface area contributed by atoms with Crippen molar-refractivity contribution in [1.82, 2.24) is 0 Å². The fourth-order valence-corrected chi connectivity index (χ4v) is 1.54. The lowest BCUT2D eigenvalue weighted by molar-refractivity contribution is -0.191. The fraction of sp³-hybridized carbons (Fsp3) is 1.00. The van der Waals surface area contributed by atoms with E-state index in [1.807, 2.05) is 15.9 Å². The van der Waals surface area contributed by atoms with Crippen LogP contribution in [0.25, 0.3) is 0 Å². The first kappa shape index (κ1) is 10.7. The maximum absolute atomic E-state index is 12.4. The molecule has 0 aliphatic rings. The molecular weight excluding hydrogens is 284 g/mol. The summed E-state index contributed by atoms with van der Waals surface area (Å²) in [6.45, 7) is 0. The molecule has 1 atom stereocenters. The first-order chi connectivity index (χ1) is 4.31. The fourth-order valence-electron chi connectivity index (χ4n) is 0.260. The second kappa shape index (κ2) is 3.38. The number of halogens is 6. The third kappa shape index (κ3) is 2.74. The van der Waals surface area contributed by atoms with Crippen molar-refractivity contribution in [2.45, 2.75) is 17.2 Å². The molecule has 0 saturated heterocycles. The summed E-state index contributed by atoms with van der Waals surface area (Å²) in [6, 6.07) is 0. The van der Waals surface area contributed by atoms with Crippen LogP contribution in [0.15, 0.2) is 0 Å². The first-order valence-corrected chi connectivity index (χ1v) is 4.23. The summed E-state index contributed by atoms with van der Waals surface area (Å²) in [6.07, 6.45) is -5.46. The predicted molar refractivity (Wildman–Crippen MR) is 37.2 cm³/mol. The van der Waals surface area contributed by atoms with Crippen LogP contribution >= 0.6 is 31.9 Å². The van der Waals surface area contributed by atoms with Gasteiger partial charge in [-0.2, -0.15) is 13.2 Å². The molecule has 0 aliphatic carbocycles. The lowest BCUT2D eigenvalue weighted by Crippen LogP contribution is -2.34. The zero-order chi connectivity index (χ0) is 8.41. The summed E-state index contributed by atoms with van der Waals surface area (Å²) >= 11 is 4.65. The molecule has 0 aromatic heterocycles. The van der Waals surface area contributed by atoms with Crippen LogP contribution in [-0.2, 0) is 0 Å². The van der Waals surface area contributed by atoms with Crippen molar-refractivity contribution >= 4 is 31.9 Å². The van der Waals surface area contributed by atoms with E-state index in [1.165, 1.54) is 0 Å². The Morgan fingerprint density at radius 2 is 1.50 bits per heavy atom.